The molecular weight excluding hydrogens is 502 g/mol. The Labute approximate surface area is 236 Å². The number of aryl methyl sites for hydroxylation is 4. The molecule has 0 radical (unpaired) electrons. The lowest BCUT2D eigenvalue weighted by atomic mass is 9.96. The molecule has 7 heteroatoms. The molecule has 1 aliphatic rings. The van der Waals surface area contributed by atoms with Crippen molar-refractivity contribution in [2.24, 2.45) is 0 Å². The number of anilines is 1. The van der Waals surface area contributed by atoms with E-state index in [-0.39, 0.29) is 18.0 Å². The Morgan fingerprint density at radius 3 is 2.33 bits per heavy atom. The summed E-state index contributed by atoms with van der Waals surface area (Å²) in [5.41, 5.74) is 9.98. The number of nitrogens with one attached hydrogen (secondary N) is 2. The third-order valence-corrected chi connectivity index (χ3v) is 8.00. The fraction of sp³-hybridized carbons (Fsp3) is 0.281. The van der Waals surface area contributed by atoms with E-state index < -0.39 is 0 Å². The number of thiocarbonyl (C=S) groups is 1. The van der Waals surface area contributed by atoms with Crippen LogP contribution in [-0.2, 0) is 4.79 Å². The molecule has 1 amide bonds. The van der Waals surface area contributed by atoms with Crippen molar-refractivity contribution < 1.29 is 4.79 Å². The predicted octanol–water partition coefficient (Wildman–Crippen LogP) is 6.42. The van der Waals surface area contributed by atoms with Gasteiger partial charge in [0.15, 0.2) is 5.11 Å². The largest absolute Gasteiger partial charge is 0.352 e. The Balaban J connectivity index is 1.50. The van der Waals surface area contributed by atoms with Crippen molar-refractivity contribution in [3.8, 4) is 5.69 Å². The summed E-state index contributed by atoms with van der Waals surface area (Å²) in [5.74, 6) is -0.0341. The average molecular weight is 538 g/mol. The number of carbonyl (C=O) groups is 1. The van der Waals surface area contributed by atoms with Crippen LogP contribution in [0.2, 0.25) is 0 Å². The molecule has 0 saturated carbocycles. The minimum Gasteiger partial charge on any atom is -0.352 e. The van der Waals surface area contributed by atoms with Crippen molar-refractivity contribution in [3.05, 3.63) is 112 Å². The van der Waals surface area contributed by atoms with Gasteiger partial charge in [-0.1, -0.05) is 42.5 Å². The quantitative estimate of drug-likeness (QED) is 0.267. The van der Waals surface area contributed by atoms with Gasteiger partial charge in [0.1, 0.15) is 0 Å². The Hall–Kier alpha value is -3.97. The summed E-state index contributed by atoms with van der Waals surface area (Å²) in [6.45, 7) is 11.1. The first-order valence-corrected chi connectivity index (χ1v) is 13.8. The lowest BCUT2D eigenvalue weighted by Gasteiger charge is -2.28. The Bertz CT molecular complexity index is 1510. The molecular formula is C32H35N5OS. The van der Waals surface area contributed by atoms with Gasteiger partial charge in [-0.3, -0.25) is 9.78 Å². The van der Waals surface area contributed by atoms with Crippen LogP contribution in [0.25, 0.3) is 5.69 Å². The van der Waals surface area contributed by atoms with Crippen LogP contribution in [0.3, 0.4) is 0 Å². The minimum absolute atomic E-state index is 0.0341. The van der Waals surface area contributed by atoms with Crippen LogP contribution in [0.4, 0.5) is 5.69 Å². The third-order valence-electron chi connectivity index (χ3n) is 7.65. The summed E-state index contributed by atoms with van der Waals surface area (Å²) in [5, 5.41) is 7.22. The van der Waals surface area contributed by atoms with Crippen molar-refractivity contribution in [1.82, 2.24) is 19.8 Å². The zero-order valence-corrected chi connectivity index (χ0v) is 24.0. The van der Waals surface area contributed by atoms with Crippen LogP contribution in [-0.4, -0.2) is 32.0 Å². The highest BCUT2D eigenvalue weighted by molar-refractivity contribution is 7.80. The summed E-state index contributed by atoms with van der Waals surface area (Å²) < 4.78 is 2.35. The number of nitrogens with zero attached hydrogens (tertiary/aromatic N) is 3. The van der Waals surface area contributed by atoms with Crippen molar-refractivity contribution >= 4 is 28.9 Å². The zero-order chi connectivity index (χ0) is 27.7. The summed E-state index contributed by atoms with van der Waals surface area (Å²) in [4.78, 5) is 19.8. The average Bonchev–Trinajstić information content (AvgIpc) is 3.39. The van der Waals surface area contributed by atoms with Crippen LogP contribution in [0.15, 0.2) is 72.9 Å². The van der Waals surface area contributed by atoms with Gasteiger partial charge in [-0.05, 0) is 93.4 Å². The Kier molecular flexibility index (Phi) is 7.53. The lowest BCUT2D eigenvalue weighted by molar-refractivity contribution is -0.116. The van der Waals surface area contributed by atoms with Crippen molar-refractivity contribution in [1.29, 1.82) is 0 Å². The second-order valence-corrected chi connectivity index (χ2v) is 10.7. The number of hydrogen-bond acceptors (Lipinski definition) is 3. The lowest BCUT2D eigenvalue weighted by Crippen LogP contribution is -2.33. The maximum atomic E-state index is 13.0. The van der Waals surface area contributed by atoms with Gasteiger partial charge in [-0.25, -0.2) is 0 Å². The van der Waals surface area contributed by atoms with Crippen molar-refractivity contribution in [2.75, 3.05) is 11.9 Å². The molecule has 1 aliphatic heterocycles. The van der Waals surface area contributed by atoms with Crippen LogP contribution in [0.5, 0.6) is 0 Å². The van der Waals surface area contributed by atoms with E-state index in [9.17, 15) is 4.79 Å². The molecule has 0 unspecified atom stereocenters. The van der Waals surface area contributed by atoms with E-state index in [2.05, 4.69) is 77.0 Å². The zero-order valence-electron chi connectivity index (χ0n) is 23.2. The second-order valence-electron chi connectivity index (χ2n) is 10.3. The SMILES string of the molecule is Cc1ccccc1NC(=O)CCN1C(=S)N[C@@H](c2ccccn2)[C@H]1c1cc(C)n(-c2c(C)cccc2C)c1C. The van der Waals surface area contributed by atoms with E-state index >= 15 is 0 Å². The fourth-order valence-electron chi connectivity index (χ4n) is 5.72. The van der Waals surface area contributed by atoms with Crippen molar-refractivity contribution in [2.45, 2.75) is 53.1 Å². The van der Waals surface area contributed by atoms with Crippen LogP contribution >= 0.6 is 12.2 Å². The molecule has 1 saturated heterocycles. The van der Waals surface area contributed by atoms with Gasteiger partial charge in [-0.15, -0.1) is 0 Å². The van der Waals surface area contributed by atoms with Crippen LogP contribution in [0.1, 0.15) is 57.8 Å². The summed E-state index contributed by atoms with van der Waals surface area (Å²) in [7, 11) is 0. The van der Waals surface area contributed by atoms with Crippen molar-refractivity contribution in [3.63, 3.8) is 0 Å². The molecule has 200 valence electrons. The Morgan fingerprint density at radius 2 is 1.64 bits per heavy atom. The molecule has 2 aromatic carbocycles. The highest BCUT2D eigenvalue weighted by Crippen LogP contribution is 2.42. The second kappa shape index (κ2) is 11.0. The number of carbonyl (C=O) groups excluding carboxylic acids is 1. The number of rotatable bonds is 7. The number of aromatic nitrogens is 2. The van der Waals surface area contributed by atoms with Gasteiger partial charge >= 0.3 is 0 Å². The summed E-state index contributed by atoms with van der Waals surface area (Å²) >= 11 is 5.86. The maximum Gasteiger partial charge on any atom is 0.226 e. The number of pyridine rings is 1. The minimum atomic E-state index is -0.134. The third kappa shape index (κ3) is 5.19. The summed E-state index contributed by atoms with van der Waals surface area (Å²) in [6.07, 6.45) is 2.13. The van der Waals surface area contributed by atoms with Gasteiger partial charge < -0.3 is 20.1 Å². The number of hydrogen-bond donors (Lipinski definition) is 2. The normalized spacial score (nSPS) is 16.8. The molecule has 3 heterocycles. The maximum absolute atomic E-state index is 13.0. The smallest absolute Gasteiger partial charge is 0.226 e. The molecule has 2 aromatic heterocycles. The van der Waals surface area contributed by atoms with Gasteiger partial charge in [0.25, 0.3) is 0 Å². The molecule has 0 spiro atoms. The topological polar surface area (TPSA) is 62.2 Å². The molecule has 2 N–H and O–H groups in total. The van der Waals surface area contributed by atoms with E-state index in [1.807, 2.05) is 55.6 Å². The molecule has 6 nitrogen and oxygen atoms in total. The van der Waals surface area contributed by atoms with E-state index in [0.717, 1.165) is 28.3 Å². The van der Waals surface area contributed by atoms with E-state index in [1.54, 1.807) is 0 Å². The number of amides is 1. The molecule has 2 atom stereocenters. The Morgan fingerprint density at radius 1 is 0.949 bits per heavy atom. The molecule has 1 fully saturated rings. The van der Waals surface area contributed by atoms with Gasteiger partial charge in [0.2, 0.25) is 5.91 Å². The standard InChI is InChI=1S/C32H35N5OS/c1-20-11-6-7-14-26(20)34-28(38)16-18-36-31(29(35-32(36)39)27-15-8-9-17-33-27)25-19-23(4)37(24(25)5)30-21(2)12-10-13-22(30)3/h6-15,17,19,29,31H,16,18H2,1-5H3,(H,34,38)(H,35,39)/t29-,31+/m0/s1. The number of para-hydroxylation sites is 2. The van der Waals surface area contributed by atoms with Gasteiger partial charge in [-0.2, -0.15) is 0 Å². The van der Waals surface area contributed by atoms with Crippen LogP contribution < -0.4 is 10.6 Å². The van der Waals surface area contributed by atoms with Gasteiger partial charge in [0, 0.05) is 36.2 Å². The molecule has 0 bridgehead atoms. The highest BCUT2D eigenvalue weighted by atomic mass is 32.1. The first-order chi connectivity index (χ1) is 18.8. The molecule has 5 rings (SSSR count). The highest BCUT2D eigenvalue weighted by Gasteiger charge is 2.41. The van der Waals surface area contributed by atoms with E-state index in [1.165, 1.54) is 22.4 Å². The monoisotopic (exact) mass is 537 g/mol. The molecule has 4 aromatic rings. The first-order valence-electron chi connectivity index (χ1n) is 13.3. The molecule has 0 aliphatic carbocycles. The van der Waals surface area contributed by atoms with E-state index in [0.29, 0.717) is 18.1 Å². The fourth-order valence-corrected chi connectivity index (χ4v) is 6.05. The van der Waals surface area contributed by atoms with Crippen LogP contribution in [0, 0.1) is 34.6 Å². The summed E-state index contributed by atoms with van der Waals surface area (Å²) in [6, 6.07) is 22.2. The first kappa shape index (κ1) is 26.6. The number of benzene rings is 2. The molecule has 39 heavy (non-hydrogen) atoms. The predicted molar refractivity (Wildman–Crippen MR) is 161 cm³/mol. The van der Waals surface area contributed by atoms with Gasteiger partial charge in [0.05, 0.1) is 23.5 Å². The van der Waals surface area contributed by atoms with E-state index in [4.69, 9.17) is 12.2 Å².